The van der Waals surface area contributed by atoms with Crippen molar-refractivity contribution in [3.05, 3.63) is 12.8 Å². The van der Waals surface area contributed by atoms with Gasteiger partial charge in [0.25, 0.3) is 0 Å². The number of rotatable bonds is 4. The van der Waals surface area contributed by atoms with Crippen molar-refractivity contribution in [2.45, 2.75) is 6.92 Å². The van der Waals surface area contributed by atoms with Crippen LogP contribution in [0.1, 0.15) is 6.92 Å². The molecule has 0 rings (SSSR count). The average molecular weight is 129 g/mol. The fourth-order valence-electron chi connectivity index (χ4n) is 0.356. The van der Waals surface area contributed by atoms with Gasteiger partial charge < -0.3 is 10.1 Å². The lowest BCUT2D eigenvalue weighted by molar-refractivity contribution is -0.140. The van der Waals surface area contributed by atoms with Gasteiger partial charge in [-0.05, 0) is 6.20 Å². The maximum Gasteiger partial charge on any atom is 0.302 e. The quantitative estimate of drug-likeness (QED) is 0.437. The first-order valence-corrected chi connectivity index (χ1v) is 2.75. The molecule has 3 nitrogen and oxygen atoms in total. The SMILES string of the molecule is C=CNCCOC(C)=O. The summed E-state index contributed by atoms with van der Waals surface area (Å²) < 4.78 is 4.59. The highest BCUT2D eigenvalue weighted by Crippen LogP contribution is 1.72. The van der Waals surface area contributed by atoms with Gasteiger partial charge in [0.2, 0.25) is 0 Å². The molecule has 0 bridgehead atoms. The third-order valence-corrected chi connectivity index (χ3v) is 0.696. The summed E-state index contributed by atoms with van der Waals surface area (Å²) >= 11 is 0. The van der Waals surface area contributed by atoms with Gasteiger partial charge in [0.1, 0.15) is 6.61 Å². The minimum absolute atomic E-state index is 0.249. The van der Waals surface area contributed by atoms with E-state index in [2.05, 4.69) is 16.6 Å². The van der Waals surface area contributed by atoms with E-state index in [4.69, 9.17) is 0 Å². The predicted octanol–water partition coefficient (Wildman–Crippen LogP) is 0.283. The van der Waals surface area contributed by atoms with E-state index in [0.717, 1.165) is 0 Å². The second kappa shape index (κ2) is 5.15. The average Bonchev–Trinajstić information content (AvgIpc) is 1.80. The minimum atomic E-state index is -0.249. The third kappa shape index (κ3) is 7.01. The minimum Gasteiger partial charge on any atom is -0.464 e. The van der Waals surface area contributed by atoms with Crippen molar-refractivity contribution in [2.24, 2.45) is 0 Å². The van der Waals surface area contributed by atoms with Gasteiger partial charge in [-0.25, -0.2) is 0 Å². The van der Waals surface area contributed by atoms with Gasteiger partial charge in [-0.15, -0.1) is 0 Å². The predicted molar refractivity (Wildman–Crippen MR) is 34.8 cm³/mol. The molecule has 0 aromatic heterocycles. The van der Waals surface area contributed by atoms with E-state index in [1.165, 1.54) is 6.92 Å². The van der Waals surface area contributed by atoms with Crippen LogP contribution in [0.3, 0.4) is 0 Å². The van der Waals surface area contributed by atoms with Crippen molar-refractivity contribution in [2.75, 3.05) is 13.2 Å². The molecule has 9 heavy (non-hydrogen) atoms. The Labute approximate surface area is 54.7 Å². The third-order valence-electron chi connectivity index (χ3n) is 0.696. The smallest absolute Gasteiger partial charge is 0.302 e. The Bertz CT molecular complexity index is 101. The van der Waals surface area contributed by atoms with E-state index >= 15 is 0 Å². The number of nitrogens with one attached hydrogen (secondary N) is 1. The van der Waals surface area contributed by atoms with E-state index in [1.54, 1.807) is 6.20 Å². The van der Waals surface area contributed by atoms with Crippen LogP contribution in [0, 0.1) is 0 Å². The molecule has 0 unspecified atom stereocenters. The number of carbonyl (C=O) groups excluding carboxylic acids is 1. The van der Waals surface area contributed by atoms with Gasteiger partial charge in [-0.3, -0.25) is 4.79 Å². The maximum atomic E-state index is 10.1. The van der Waals surface area contributed by atoms with Crippen molar-refractivity contribution in [3.63, 3.8) is 0 Å². The molecule has 0 atom stereocenters. The van der Waals surface area contributed by atoms with Crippen LogP contribution < -0.4 is 5.32 Å². The molecule has 1 N–H and O–H groups in total. The van der Waals surface area contributed by atoms with Crippen LogP contribution in [0.2, 0.25) is 0 Å². The highest BCUT2D eigenvalue weighted by atomic mass is 16.5. The largest absolute Gasteiger partial charge is 0.464 e. The highest BCUT2D eigenvalue weighted by molar-refractivity contribution is 5.65. The molecule has 0 aromatic carbocycles. The first-order valence-electron chi connectivity index (χ1n) is 2.75. The molecule has 0 fully saturated rings. The lowest BCUT2D eigenvalue weighted by Gasteiger charge is -1.99. The zero-order chi connectivity index (χ0) is 7.11. The van der Waals surface area contributed by atoms with Crippen molar-refractivity contribution in [3.8, 4) is 0 Å². The number of carbonyl (C=O) groups is 1. The van der Waals surface area contributed by atoms with Gasteiger partial charge in [0.05, 0.1) is 0 Å². The van der Waals surface area contributed by atoms with Crippen LogP contribution in [0.4, 0.5) is 0 Å². The molecule has 0 amide bonds. The van der Waals surface area contributed by atoms with E-state index in [9.17, 15) is 4.79 Å². The maximum absolute atomic E-state index is 10.1. The molecule has 3 heteroatoms. The number of hydrogen-bond acceptors (Lipinski definition) is 3. The lowest BCUT2D eigenvalue weighted by atomic mass is 10.7. The monoisotopic (exact) mass is 129 g/mol. The summed E-state index contributed by atoms with van der Waals surface area (Å²) in [5.41, 5.74) is 0. The Morgan fingerprint density at radius 1 is 1.89 bits per heavy atom. The first kappa shape index (κ1) is 8.01. The van der Waals surface area contributed by atoms with Crippen molar-refractivity contribution < 1.29 is 9.53 Å². The molecule has 0 heterocycles. The summed E-state index contributed by atoms with van der Waals surface area (Å²) in [5.74, 6) is -0.249. The first-order chi connectivity index (χ1) is 4.27. The molecular formula is C6H11NO2. The van der Waals surface area contributed by atoms with Gasteiger partial charge in [0, 0.05) is 13.5 Å². The topological polar surface area (TPSA) is 38.3 Å². The molecule has 0 saturated heterocycles. The Kier molecular flexibility index (Phi) is 4.59. The van der Waals surface area contributed by atoms with Crippen molar-refractivity contribution >= 4 is 5.97 Å². The van der Waals surface area contributed by atoms with Crippen LogP contribution >= 0.6 is 0 Å². The second-order valence-corrected chi connectivity index (χ2v) is 1.50. The molecule has 0 aliphatic rings. The lowest BCUT2D eigenvalue weighted by Crippen LogP contribution is -2.14. The summed E-state index contributed by atoms with van der Waals surface area (Å²) in [4.78, 5) is 10.1. The Morgan fingerprint density at radius 2 is 2.56 bits per heavy atom. The van der Waals surface area contributed by atoms with E-state index < -0.39 is 0 Å². The second-order valence-electron chi connectivity index (χ2n) is 1.50. The van der Waals surface area contributed by atoms with Crippen molar-refractivity contribution in [1.82, 2.24) is 5.32 Å². The van der Waals surface area contributed by atoms with Crippen LogP contribution in [0.25, 0.3) is 0 Å². The van der Waals surface area contributed by atoms with Gasteiger partial charge >= 0.3 is 5.97 Å². The summed E-state index contributed by atoms with van der Waals surface area (Å²) in [5, 5.41) is 2.79. The molecular weight excluding hydrogens is 118 g/mol. The van der Waals surface area contributed by atoms with Crippen LogP contribution in [0.15, 0.2) is 12.8 Å². The Hall–Kier alpha value is -0.990. The van der Waals surface area contributed by atoms with Crippen LogP contribution in [-0.4, -0.2) is 19.1 Å². The molecule has 0 aliphatic carbocycles. The molecule has 0 spiro atoms. The zero-order valence-electron chi connectivity index (χ0n) is 5.52. The number of hydrogen-bond donors (Lipinski definition) is 1. The Morgan fingerprint density at radius 3 is 3.00 bits per heavy atom. The highest BCUT2D eigenvalue weighted by Gasteiger charge is 1.87. The van der Waals surface area contributed by atoms with Gasteiger partial charge in [-0.1, -0.05) is 6.58 Å². The Balaban J connectivity index is 2.91. The standard InChI is InChI=1S/C6H11NO2/c1-3-7-4-5-9-6(2)8/h3,7H,1,4-5H2,2H3. The summed E-state index contributed by atoms with van der Waals surface area (Å²) in [6.07, 6.45) is 1.56. The molecule has 0 aromatic rings. The number of ether oxygens (including phenoxy) is 1. The van der Waals surface area contributed by atoms with Crippen LogP contribution in [0.5, 0.6) is 0 Å². The summed E-state index contributed by atoms with van der Waals surface area (Å²) in [6, 6.07) is 0. The zero-order valence-corrected chi connectivity index (χ0v) is 5.52. The summed E-state index contributed by atoms with van der Waals surface area (Å²) in [6.45, 7) is 5.84. The van der Waals surface area contributed by atoms with Gasteiger partial charge in [-0.2, -0.15) is 0 Å². The van der Waals surface area contributed by atoms with Crippen molar-refractivity contribution in [1.29, 1.82) is 0 Å². The fourth-order valence-corrected chi connectivity index (χ4v) is 0.356. The van der Waals surface area contributed by atoms with E-state index in [1.807, 2.05) is 0 Å². The molecule has 52 valence electrons. The van der Waals surface area contributed by atoms with E-state index in [-0.39, 0.29) is 5.97 Å². The normalized spacial score (nSPS) is 8.11. The van der Waals surface area contributed by atoms with Gasteiger partial charge in [0.15, 0.2) is 0 Å². The molecule has 0 aliphatic heterocycles. The fraction of sp³-hybridized carbons (Fsp3) is 0.500. The number of esters is 1. The molecule has 0 radical (unpaired) electrons. The molecule has 0 saturated carbocycles. The van der Waals surface area contributed by atoms with Crippen LogP contribution in [-0.2, 0) is 9.53 Å². The van der Waals surface area contributed by atoms with E-state index in [0.29, 0.717) is 13.2 Å². The summed E-state index contributed by atoms with van der Waals surface area (Å²) in [7, 11) is 0.